The van der Waals surface area contributed by atoms with Crippen molar-refractivity contribution >= 4 is 40.1 Å². The summed E-state index contributed by atoms with van der Waals surface area (Å²) >= 11 is 3.43. The Labute approximate surface area is 269 Å². The summed E-state index contributed by atoms with van der Waals surface area (Å²) in [7, 11) is 1.26. The average molecular weight is 694 g/mol. The lowest BCUT2D eigenvalue weighted by Gasteiger charge is -2.28. The van der Waals surface area contributed by atoms with Crippen molar-refractivity contribution in [3.05, 3.63) is 57.2 Å². The molecule has 0 radical (unpaired) electrons. The Balaban J connectivity index is 1.67. The molecule has 15 heteroatoms. The Bertz CT molecular complexity index is 1430. The third-order valence-electron chi connectivity index (χ3n) is 6.08. The number of benzene rings is 2. The second kappa shape index (κ2) is 17.1. The second-order valence-corrected chi connectivity index (χ2v) is 10.1. The highest BCUT2D eigenvalue weighted by Gasteiger charge is 2.32. The molecule has 0 fully saturated rings. The van der Waals surface area contributed by atoms with Crippen LogP contribution in [0, 0.1) is 0 Å². The number of nitrogens with zero attached hydrogens (tertiary/aromatic N) is 1. The first-order valence-electron chi connectivity index (χ1n) is 14.1. The van der Waals surface area contributed by atoms with Gasteiger partial charge in [-0.15, -0.1) is 0 Å². The molecule has 0 saturated heterocycles. The number of ether oxygens (including phenoxy) is 6. The molecule has 2 aromatic rings. The largest absolute Gasteiger partial charge is 0.490 e. The van der Waals surface area contributed by atoms with Crippen molar-refractivity contribution < 1.29 is 47.9 Å². The Morgan fingerprint density at radius 2 is 1.78 bits per heavy atom. The molecule has 0 aromatic heterocycles. The molecule has 1 aliphatic heterocycles. The molecule has 2 aromatic carbocycles. The lowest BCUT2D eigenvalue weighted by molar-refractivity contribution is -0.145. The third-order valence-corrected chi connectivity index (χ3v) is 6.67. The molecule has 14 nitrogen and oxygen atoms in total. The number of carbonyl (C=O) groups excluding carboxylic acids is 3. The number of hydrogen-bond donors (Lipinski definition) is 4. The second-order valence-electron chi connectivity index (χ2n) is 9.27. The minimum Gasteiger partial charge on any atom is -0.490 e. The standard InChI is InChI=1S/C30H37BrN4O10/c1-6-41-22-13-19(27-26(29(38)40-5)17(4)33-30(39)34-27)9-10-21(22)44-15-24(36)35-32-14-18-11-20(31)28(23(12-18)42-7-2)45-16-25(37)43-8-3/h9-14,24,27,35-36H,6-8,15-16H2,1-5H3,(H2,33,34,39)/b32-14-/t24-,27+/m0/s1. The van der Waals surface area contributed by atoms with Crippen molar-refractivity contribution in [2.75, 3.05) is 40.1 Å². The predicted molar refractivity (Wildman–Crippen MR) is 166 cm³/mol. The van der Waals surface area contributed by atoms with Crippen LogP contribution in [0.2, 0.25) is 0 Å². The fraction of sp³-hybridized carbons (Fsp3) is 0.400. The van der Waals surface area contributed by atoms with Gasteiger partial charge in [-0.1, -0.05) is 6.07 Å². The number of amides is 2. The number of allylic oxidation sites excluding steroid dienone is 1. The molecule has 4 N–H and O–H groups in total. The molecule has 2 amide bonds. The van der Waals surface area contributed by atoms with Crippen molar-refractivity contribution in [3.63, 3.8) is 0 Å². The van der Waals surface area contributed by atoms with E-state index < -0.39 is 30.2 Å². The van der Waals surface area contributed by atoms with Crippen LogP contribution < -0.4 is 35.0 Å². The van der Waals surface area contributed by atoms with Crippen molar-refractivity contribution in [1.82, 2.24) is 16.1 Å². The van der Waals surface area contributed by atoms with Gasteiger partial charge >= 0.3 is 18.0 Å². The first kappa shape index (κ1) is 35.0. The monoisotopic (exact) mass is 692 g/mol. The normalized spacial score (nSPS) is 15.1. The van der Waals surface area contributed by atoms with E-state index in [2.05, 4.69) is 37.1 Å². The lowest BCUT2D eigenvalue weighted by atomic mass is 9.95. The molecular weight excluding hydrogens is 656 g/mol. The minimum atomic E-state index is -1.20. The van der Waals surface area contributed by atoms with Crippen LogP contribution in [0.15, 0.2) is 51.2 Å². The van der Waals surface area contributed by atoms with Crippen LogP contribution in [0.4, 0.5) is 4.79 Å². The fourth-order valence-electron chi connectivity index (χ4n) is 4.22. The number of hydrazone groups is 1. The van der Waals surface area contributed by atoms with Gasteiger partial charge < -0.3 is 44.2 Å². The summed E-state index contributed by atoms with van der Waals surface area (Å²) in [6, 6.07) is 7.09. The Hall–Kier alpha value is -4.50. The molecule has 2 atom stereocenters. The maximum atomic E-state index is 12.4. The van der Waals surface area contributed by atoms with E-state index in [1.807, 2.05) is 6.92 Å². The average Bonchev–Trinajstić information content (AvgIpc) is 2.99. The minimum absolute atomic E-state index is 0.193. The van der Waals surface area contributed by atoms with Crippen LogP contribution in [0.3, 0.4) is 0 Å². The topological polar surface area (TPSA) is 175 Å². The van der Waals surface area contributed by atoms with E-state index >= 15 is 0 Å². The molecule has 0 spiro atoms. The van der Waals surface area contributed by atoms with Crippen molar-refractivity contribution in [3.8, 4) is 23.0 Å². The number of carbonyl (C=O) groups is 3. The van der Waals surface area contributed by atoms with E-state index in [-0.39, 0.29) is 25.4 Å². The summed E-state index contributed by atoms with van der Waals surface area (Å²) in [6.07, 6.45) is 0.269. The maximum Gasteiger partial charge on any atom is 0.344 e. The number of nitrogens with one attached hydrogen (secondary N) is 3. The highest BCUT2D eigenvalue weighted by molar-refractivity contribution is 9.10. The Kier molecular flexibility index (Phi) is 13.3. The molecule has 1 aliphatic rings. The van der Waals surface area contributed by atoms with Gasteiger partial charge in [-0.2, -0.15) is 5.10 Å². The molecular formula is C30H37BrN4O10. The van der Waals surface area contributed by atoms with Gasteiger partial charge in [0, 0.05) is 5.70 Å². The van der Waals surface area contributed by atoms with Gasteiger partial charge in [0.15, 0.2) is 35.8 Å². The van der Waals surface area contributed by atoms with Crippen LogP contribution in [-0.2, 0) is 19.1 Å². The molecule has 3 rings (SSSR count). The smallest absolute Gasteiger partial charge is 0.344 e. The zero-order chi connectivity index (χ0) is 32.9. The third kappa shape index (κ3) is 9.74. The van der Waals surface area contributed by atoms with Gasteiger partial charge in [0.25, 0.3) is 0 Å². The molecule has 45 heavy (non-hydrogen) atoms. The first-order valence-corrected chi connectivity index (χ1v) is 14.9. The van der Waals surface area contributed by atoms with Gasteiger partial charge in [-0.25, -0.2) is 14.4 Å². The van der Waals surface area contributed by atoms with Gasteiger partial charge in [0.2, 0.25) is 0 Å². The summed E-state index contributed by atoms with van der Waals surface area (Å²) in [5.41, 5.74) is 4.40. The number of halogens is 1. The van der Waals surface area contributed by atoms with E-state index in [1.165, 1.54) is 13.3 Å². The van der Waals surface area contributed by atoms with Crippen molar-refractivity contribution in [1.29, 1.82) is 0 Å². The summed E-state index contributed by atoms with van der Waals surface area (Å²) in [6.45, 7) is 7.39. The molecule has 244 valence electrons. The molecule has 0 saturated carbocycles. The fourth-order valence-corrected chi connectivity index (χ4v) is 4.79. The SMILES string of the molecule is CCOC(=O)COc1c(Br)cc(/C=N\N[C@@H](O)COc2ccc([C@H]3NC(=O)NC(C)=C3C(=O)OC)cc2OCC)cc1OCC. The maximum absolute atomic E-state index is 12.4. The van der Waals surface area contributed by atoms with Crippen LogP contribution in [0.25, 0.3) is 0 Å². The van der Waals surface area contributed by atoms with Crippen molar-refractivity contribution in [2.45, 2.75) is 40.0 Å². The highest BCUT2D eigenvalue weighted by Crippen LogP contribution is 2.37. The van der Waals surface area contributed by atoms with Crippen LogP contribution in [0.5, 0.6) is 23.0 Å². The van der Waals surface area contributed by atoms with E-state index in [0.717, 1.165) is 0 Å². The molecule has 1 heterocycles. The van der Waals surface area contributed by atoms with Gasteiger partial charge in [-0.3, -0.25) is 5.43 Å². The number of aliphatic hydroxyl groups is 1. The number of hydrogen-bond acceptors (Lipinski definition) is 12. The summed E-state index contributed by atoms with van der Waals surface area (Å²) < 4.78 is 33.1. The van der Waals surface area contributed by atoms with E-state index in [4.69, 9.17) is 28.4 Å². The summed E-state index contributed by atoms with van der Waals surface area (Å²) in [5.74, 6) is 0.320. The predicted octanol–water partition coefficient (Wildman–Crippen LogP) is 3.31. The number of urea groups is 1. The lowest BCUT2D eigenvalue weighted by Crippen LogP contribution is -2.45. The quantitative estimate of drug-likeness (QED) is 0.0879. The molecule has 0 aliphatic carbocycles. The van der Waals surface area contributed by atoms with Crippen LogP contribution in [0.1, 0.15) is 44.9 Å². The number of esters is 2. The number of rotatable bonds is 16. The van der Waals surface area contributed by atoms with E-state index in [9.17, 15) is 19.5 Å². The van der Waals surface area contributed by atoms with Gasteiger partial charge in [-0.05, 0) is 79.0 Å². The summed E-state index contributed by atoms with van der Waals surface area (Å²) in [5, 5.41) is 19.8. The zero-order valence-electron chi connectivity index (χ0n) is 25.6. The Morgan fingerprint density at radius 1 is 1.04 bits per heavy atom. The Morgan fingerprint density at radius 3 is 2.47 bits per heavy atom. The number of methoxy groups -OCH3 is 1. The van der Waals surface area contributed by atoms with Crippen LogP contribution >= 0.6 is 15.9 Å². The first-order chi connectivity index (χ1) is 21.6. The van der Waals surface area contributed by atoms with Gasteiger partial charge in [0.1, 0.15) is 6.61 Å². The van der Waals surface area contributed by atoms with Crippen LogP contribution in [-0.4, -0.2) is 75.7 Å². The van der Waals surface area contributed by atoms with Gasteiger partial charge in [0.05, 0.1) is 49.2 Å². The van der Waals surface area contributed by atoms with E-state index in [0.29, 0.717) is 57.5 Å². The molecule has 0 bridgehead atoms. The highest BCUT2D eigenvalue weighted by atomic mass is 79.9. The summed E-state index contributed by atoms with van der Waals surface area (Å²) in [4.78, 5) is 36.3. The van der Waals surface area contributed by atoms with E-state index in [1.54, 1.807) is 51.1 Å². The number of aliphatic hydroxyl groups excluding tert-OH is 1. The van der Waals surface area contributed by atoms with Crippen molar-refractivity contribution in [2.24, 2.45) is 5.10 Å². The zero-order valence-corrected chi connectivity index (χ0v) is 27.2. The molecule has 0 unspecified atom stereocenters.